The zero-order valence-corrected chi connectivity index (χ0v) is 18.4. The second-order valence-electron chi connectivity index (χ2n) is 7.40. The lowest BCUT2D eigenvalue weighted by atomic mass is 10.0. The molecule has 0 radical (unpaired) electrons. The first-order chi connectivity index (χ1) is 14.9. The van der Waals surface area contributed by atoms with E-state index in [1.54, 1.807) is 30.3 Å². The summed E-state index contributed by atoms with van der Waals surface area (Å²) < 4.78 is 28.6. The van der Waals surface area contributed by atoms with Crippen LogP contribution in [0.15, 0.2) is 71.9 Å². The topological polar surface area (TPSA) is 79.4 Å². The van der Waals surface area contributed by atoms with Crippen LogP contribution in [-0.2, 0) is 10.0 Å². The molecule has 1 saturated heterocycles. The molecule has 3 aromatic rings. The Morgan fingerprint density at radius 2 is 1.61 bits per heavy atom. The van der Waals surface area contributed by atoms with Gasteiger partial charge in [-0.3, -0.25) is 14.5 Å². The highest BCUT2D eigenvalue weighted by Gasteiger charge is 2.21. The molecular weight excluding hydrogens is 434 g/mol. The number of hydrogen-bond donors (Lipinski definition) is 1. The summed E-state index contributed by atoms with van der Waals surface area (Å²) in [5.41, 5.74) is 1.75. The van der Waals surface area contributed by atoms with Crippen LogP contribution in [0.5, 0.6) is 0 Å². The van der Waals surface area contributed by atoms with Gasteiger partial charge in [-0.15, -0.1) is 0 Å². The van der Waals surface area contributed by atoms with Gasteiger partial charge in [0.2, 0.25) is 0 Å². The maximum Gasteiger partial charge on any atom is 0.261 e. The number of nitrogens with zero attached hydrogens (tertiary/aromatic N) is 2. The molecule has 0 unspecified atom stereocenters. The second kappa shape index (κ2) is 9.08. The maximum absolute atomic E-state index is 13.0. The van der Waals surface area contributed by atoms with Crippen molar-refractivity contribution in [3.8, 4) is 0 Å². The second-order valence-corrected chi connectivity index (χ2v) is 9.52. The Balaban J connectivity index is 1.60. The minimum absolute atomic E-state index is 0.130. The van der Waals surface area contributed by atoms with Crippen LogP contribution in [-0.4, -0.2) is 32.3 Å². The Morgan fingerprint density at radius 3 is 2.29 bits per heavy atom. The molecule has 0 bridgehead atoms. The van der Waals surface area contributed by atoms with Crippen molar-refractivity contribution in [2.45, 2.75) is 24.2 Å². The largest absolute Gasteiger partial charge is 0.372 e. The molecular formula is C23H22ClN3O3S. The Labute approximate surface area is 186 Å². The third-order valence-corrected chi connectivity index (χ3v) is 6.90. The number of anilines is 2. The van der Waals surface area contributed by atoms with Gasteiger partial charge in [-0.2, -0.15) is 0 Å². The number of piperidine rings is 1. The summed E-state index contributed by atoms with van der Waals surface area (Å²) in [5.74, 6) is -0.344. The lowest BCUT2D eigenvalue weighted by Gasteiger charge is -2.28. The van der Waals surface area contributed by atoms with Crippen LogP contribution in [0.4, 0.5) is 11.4 Å². The molecule has 1 aliphatic rings. The normalized spacial score (nSPS) is 14.3. The standard InChI is InChI=1S/C23H22ClN3O3S/c24-18-4-9-22(21(16-18)23(28)17-10-12-25-13-11-17)26-31(29,30)20-7-5-19(6-8-20)27-14-2-1-3-15-27/h4-13,16,26H,1-3,14-15H2. The number of nitrogens with one attached hydrogen (secondary N) is 1. The summed E-state index contributed by atoms with van der Waals surface area (Å²) in [7, 11) is -3.89. The highest BCUT2D eigenvalue weighted by Crippen LogP contribution is 2.27. The van der Waals surface area contributed by atoms with E-state index in [1.165, 1.54) is 30.9 Å². The first-order valence-electron chi connectivity index (χ1n) is 10.1. The number of ketones is 1. The van der Waals surface area contributed by atoms with Crippen LogP contribution in [0.25, 0.3) is 0 Å². The highest BCUT2D eigenvalue weighted by molar-refractivity contribution is 7.92. The fourth-order valence-electron chi connectivity index (χ4n) is 3.64. The first kappa shape index (κ1) is 21.3. The maximum atomic E-state index is 13.0. The fraction of sp³-hybridized carbons (Fsp3) is 0.217. The molecule has 0 amide bonds. The van der Waals surface area contributed by atoms with Crippen molar-refractivity contribution in [3.05, 3.63) is 83.1 Å². The van der Waals surface area contributed by atoms with Gasteiger partial charge >= 0.3 is 0 Å². The number of sulfonamides is 1. The van der Waals surface area contributed by atoms with Crippen molar-refractivity contribution in [2.24, 2.45) is 0 Å². The number of rotatable bonds is 6. The molecule has 0 aliphatic carbocycles. The minimum Gasteiger partial charge on any atom is -0.372 e. The smallest absolute Gasteiger partial charge is 0.261 e. The Morgan fingerprint density at radius 1 is 0.935 bits per heavy atom. The van der Waals surface area contributed by atoms with E-state index in [-0.39, 0.29) is 21.9 Å². The molecule has 0 atom stereocenters. The molecule has 160 valence electrons. The molecule has 6 nitrogen and oxygen atoms in total. The number of pyridine rings is 1. The van der Waals surface area contributed by atoms with Crippen molar-refractivity contribution in [3.63, 3.8) is 0 Å². The number of carbonyl (C=O) groups is 1. The average molecular weight is 456 g/mol. The van der Waals surface area contributed by atoms with Crippen LogP contribution in [0, 0.1) is 0 Å². The molecule has 0 spiro atoms. The number of hydrogen-bond acceptors (Lipinski definition) is 5. The van der Waals surface area contributed by atoms with Gasteiger partial charge in [0.05, 0.1) is 10.6 Å². The first-order valence-corrected chi connectivity index (χ1v) is 11.9. The predicted molar refractivity (Wildman–Crippen MR) is 122 cm³/mol. The van der Waals surface area contributed by atoms with Crippen LogP contribution < -0.4 is 9.62 Å². The summed E-state index contributed by atoms with van der Waals surface area (Å²) in [6, 6.07) is 14.5. The highest BCUT2D eigenvalue weighted by atomic mass is 35.5. The molecule has 1 aliphatic heterocycles. The Hall–Kier alpha value is -2.90. The Bertz CT molecular complexity index is 1180. The van der Waals surface area contributed by atoms with E-state index in [2.05, 4.69) is 14.6 Å². The average Bonchev–Trinajstić information content (AvgIpc) is 2.81. The van der Waals surface area contributed by atoms with E-state index in [1.807, 2.05) is 12.1 Å². The zero-order valence-electron chi connectivity index (χ0n) is 16.8. The number of halogens is 1. The summed E-state index contributed by atoms with van der Waals surface area (Å²) in [4.78, 5) is 19.2. The van der Waals surface area contributed by atoms with E-state index in [0.29, 0.717) is 10.6 Å². The van der Waals surface area contributed by atoms with E-state index >= 15 is 0 Å². The van der Waals surface area contributed by atoms with Gasteiger partial charge in [0.15, 0.2) is 5.78 Å². The van der Waals surface area contributed by atoms with Gasteiger partial charge in [0.25, 0.3) is 10.0 Å². The van der Waals surface area contributed by atoms with Crippen molar-refractivity contribution in [1.82, 2.24) is 4.98 Å². The summed E-state index contributed by atoms with van der Waals surface area (Å²) in [5, 5.41) is 0.339. The summed E-state index contributed by atoms with van der Waals surface area (Å²) in [6.07, 6.45) is 6.53. The van der Waals surface area contributed by atoms with Gasteiger partial charge in [-0.1, -0.05) is 11.6 Å². The van der Waals surface area contributed by atoms with Crippen LogP contribution >= 0.6 is 11.6 Å². The van der Waals surface area contributed by atoms with Crippen molar-refractivity contribution < 1.29 is 13.2 Å². The molecule has 1 fully saturated rings. The van der Waals surface area contributed by atoms with E-state index in [4.69, 9.17) is 11.6 Å². The molecule has 1 aromatic heterocycles. The number of benzene rings is 2. The van der Waals surface area contributed by atoms with Gasteiger partial charge in [0.1, 0.15) is 0 Å². The predicted octanol–water partition coefficient (Wildman–Crippen LogP) is 4.76. The third-order valence-electron chi connectivity index (χ3n) is 5.28. The minimum atomic E-state index is -3.89. The van der Waals surface area contributed by atoms with Crippen LogP contribution in [0.3, 0.4) is 0 Å². The lowest BCUT2D eigenvalue weighted by molar-refractivity contribution is 0.103. The third kappa shape index (κ3) is 4.89. The lowest BCUT2D eigenvalue weighted by Crippen LogP contribution is -2.29. The molecule has 1 N–H and O–H groups in total. The Kier molecular flexibility index (Phi) is 6.25. The van der Waals surface area contributed by atoms with E-state index in [9.17, 15) is 13.2 Å². The van der Waals surface area contributed by atoms with Gasteiger partial charge < -0.3 is 4.90 Å². The fourth-order valence-corrected chi connectivity index (χ4v) is 4.90. The molecule has 2 aromatic carbocycles. The van der Waals surface area contributed by atoms with Crippen LogP contribution in [0.1, 0.15) is 35.2 Å². The van der Waals surface area contributed by atoms with Crippen LogP contribution in [0.2, 0.25) is 5.02 Å². The monoisotopic (exact) mass is 455 g/mol. The number of carbonyl (C=O) groups excluding carboxylic acids is 1. The van der Waals surface area contributed by atoms with Gasteiger partial charge in [-0.05, 0) is 73.9 Å². The van der Waals surface area contributed by atoms with E-state index < -0.39 is 10.0 Å². The van der Waals surface area contributed by atoms with Crippen molar-refractivity contribution in [1.29, 1.82) is 0 Å². The van der Waals surface area contributed by atoms with Crippen molar-refractivity contribution >= 4 is 38.8 Å². The number of aromatic nitrogens is 1. The molecule has 0 saturated carbocycles. The van der Waals surface area contributed by atoms with Gasteiger partial charge in [-0.25, -0.2) is 8.42 Å². The quantitative estimate of drug-likeness (QED) is 0.542. The van der Waals surface area contributed by atoms with Gasteiger partial charge in [0, 0.05) is 47.3 Å². The molecule has 31 heavy (non-hydrogen) atoms. The SMILES string of the molecule is O=C(c1ccncc1)c1cc(Cl)ccc1NS(=O)(=O)c1ccc(N2CCCCC2)cc1. The molecule has 4 rings (SSSR count). The zero-order chi connectivity index (χ0) is 21.8. The van der Waals surface area contributed by atoms with E-state index in [0.717, 1.165) is 31.6 Å². The molecule has 8 heteroatoms. The van der Waals surface area contributed by atoms with Crippen molar-refractivity contribution in [2.75, 3.05) is 22.7 Å². The molecule has 2 heterocycles. The summed E-state index contributed by atoms with van der Waals surface area (Å²) in [6.45, 7) is 1.96. The summed E-state index contributed by atoms with van der Waals surface area (Å²) >= 11 is 6.08.